The summed E-state index contributed by atoms with van der Waals surface area (Å²) in [6, 6.07) is 14.2. The summed E-state index contributed by atoms with van der Waals surface area (Å²) in [5, 5.41) is 0. The average Bonchev–Trinajstić information content (AvgIpc) is 3.45. The molecule has 0 amide bonds. The summed E-state index contributed by atoms with van der Waals surface area (Å²) in [7, 11) is -2.09. The molecule has 1 saturated heterocycles. The average molecular weight is 361 g/mol. The Labute approximate surface area is 149 Å². The van der Waals surface area contributed by atoms with Crippen LogP contribution in [0.15, 0.2) is 53.4 Å². The zero-order valence-electron chi connectivity index (χ0n) is 14.5. The van der Waals surface area contributed by atoms with Crippen LogP contribution in [0.5, 0.6) is 5.75 Å². The van der Waals surface area contributed by atoms with Crippen LogP contribution in [-0.4, -0.2) is 34.8 Å². The molecule has 0 N–H and O–H groups in total. The van der Waals surface area contributed by atoms with Gasteiger partial charge in [-0.15, -0.1) is 0 Å². The summed E-state index contributed by atoms with van der Waals surface area (Å²) >= 11 is 0. The maximum Gasteiger partial charge on any atom is 0.264 e. The largest absolute Gasteiger partial charge is 0.490 e. The van der Waals surface area contributed by atoms with Crippen molar-refractivity contribution in [1.29, 1.82) is 0 Å². The first kappa shape index (κ1) is 17.8. The Balaban J connectivity index is 1.90. The Hall–Kier alpha value is -2.05. The molecule has 2 aromatic carbocycles. The lowest BCUT2D eigenvalue weighted by molar-refractivity contribution is 0.260. The van der Waals surface area contributed by atoms with Crippen molar-refractivity contribution in [2.45, 2.75) is 30.8 Å². The van der Waals surface area contributed by atoms with Crippen molar-refractivity contribution in [2.24, 2.45) is 0 Å². The number of rotatable bonds is 8. The fourth-order valence-electron chi connectivity index (χ4n) is 2.59. The normalized spacial score (nSPS) is 16.5. The third-order valence-electron chi connectivity index (χ3n) is 4.16. The number of ether oxygens (including phenoxy) is 2. The van der Waals surface area contributed by atoms with Crippen molar-refractivity contribution >= 4 is 15.7 Å². The highest BCUT2D eigenvalue weighted by atomic mass is 32.2. The lowest BCUT2D eigenvalue weighted by Gasteiger charge is -2.20. The predicted molar refractivity (Wildman–Crippen MR) is 97.7 cm³/mol. The van der Waals surface area contributed by atoms with Crippen LogP contribution in [0.25, 0.3) is 0 Å². The first-order valence-corrected chi connectivity index (χ1v) is 9.87. The second-order valence-corrected chi connectivity index (χ2v) is 8.06. The molecule has 5 nitrogen and oxygen atoms in total. The Kier molecular flexibility index (Phi) is 5.30. The molecule has 2 aromatic rings. The van der Waals surface area contributed by atoms with Gasteiger partial charge in [0.05, 0.1) is 17.2 Å². The molecule has 6 heteroatoms. The first-order chi connectivity index (χ1) is 12.0. The molecule has 0 radical (unpaired) electrons. The van der Waals surface area contributed by atoms with Gasteiger partial charge in [-0.1, -0.05) is 37.6 Å². The molecule has 25 heavy (non-hydrogen) atoms. The minimum atomic E-state index is -3.65. The van der Waals surface area contributed by atoms with Gasteiger partial charge in [-0.2, -0.15) is 0 Å². The molecule has 1 aliphatic heterocycles. The topological polar surface area (TPSA) is 59.1 Å². The van der Waals surface area contributed by atoms with Crippen LogP contribution in [0.2, 0.25) is 0 Å². The summed E-state index contributed by atoms with van der Waals surface area (Å²) in [6.45, 7) is 3.24. The van der Waals surface area contributed by atoms with Crippen LogP contribution in [-0.2, 0) is 21.2 Å². The van der Waals surface area contributed by atoms with E-state index in [2.05, 4.69) is 6.92 Å². The number of hydrogen-bond acceptors (Lipinski definition) is 4. The molecule has 1 fully saturated rings. The molecule has 0 aromatic heterocycles. The van der Waals surface area contributed by atoms with Gasteiger partial charge >= 0.3 is 0 Å². The number of anilines is 1. The number of para-hydroxylation sites is 1. The first-order valence-electron chi connectivity index (χ1n) is 8.43. The van der Waals surface area contributed by atoms with E-state index in [1.807, 2.05) is 24.3 Å². The smallest absolute Gasteiger partial charge is 0.264 e. The fourth-order valence-corrected chi connectivity index (χ4v) is 3.80. The summed E-state index contributed by atoms with van der Waals surface area (Å²) in [5.74, 6) is 0.625. The summed E-state index contributed by atoms with van der Waals surface area (Å²) in [4.78, 5) is 0.227. The van der Waals surface area contributed by atoms with Crippen molar-refractivity contribution < 1.29 is 17.9 Å². The highest BCUT2D eigenvalue weighted by molar-refractivity contribution is 7.92. The summed E-state index contributed by atoms with van der Waals surface area (Å²) in [6.07, 6.45) is 1.93. The van der Waals surface area contributed by atoms with Gasteiger partial charge in [0, 0.05) is 13.1 Å². The van der Waals surface area contributed by atoms with E-state index in [0.717, 1.165) is 18.4 Å². The summed E-state index contributed by atoms with van der Waals surface area (Å²) in [5.41, 5.74) is 1.64. The maximum absolute atomic E-state index is 13.0. The highest BCUT2D eigenvalue weighted by Crippen LogP contribution is 2.28. The van der Waals surface area contributed by atoms with Gasteiger partial charge in [0.1, 0.15) is 18.5 Å². The molecular formula is C19H23NO4S. The number of aryl methyl sites for hydroxylation is 1. The number of benzene rings is 2. The fraction of sp³-hybridized carbons (Fsp3) is 0.368. The van der Waals surface area contributed by atoms with Crippen LogP contribution in [0.3, 0.4) is 0 Å². The van der Waals surface area contributed by atoms with E-state index < -0.39 is 10.0 Å². The molecule has 0 spiro atoms. The third kappa shape index (κ3) is 4.14. The molecule has 134 valence electrons. The minimum absolute atomic E-state index is 0.127. The van der Waals surface area contributed by atoms with Gasteiger partial charge in [0.2, 0.25) is 0 Å². The van der Waals surface area contributed by atoms with Crippen molar-refractivity contribution in [3.8, 4) is 5.75 Å². The van der Waals surface area contributed by atoms with Gasteiger partial charge in [-0.25, -0.2) is 8.42 Å². The highest BCUT2D eigenvalue weighted by Gasteiger charge is 2.25. The summed E-state index contributed by atoms with van der Waals surface area (Å²) < 4.78 is 38.2. The van der Waals surface area contributed by atoms with Gasteiger partial charge in [0.15, 0.2) is 0 Å². The second-order valence-electron chi connectivity index (χ2n) is 6.09. The second kappa shape index (κ2) is 7.45. The molecule has 1 unspecified atom stereocenters. The molecule has 1 aliphatic rings. The van der Waals surface area contributed by atoms with Crippen LogP contribution in [0.1, 0.15) is 18.9 Å². The van der Waals surface area contributed by atoms with E-state index in [4.69, 9.17) is 9.47 Å². The lowest BCUT2D eigenvalue weighted by atomic mass is 10.1. The van der Waals surface area contributed by atoms with E-state index in [0.29, 0.717) is 24.7 Å². The Morgan fingerprint density at radius 1 is 1.20 bits per heavy atom. The lowest BCUT2D eigenvalue weighted by Crippen LogP contribution is -2.26. The maximum atomic E-state index is 13.0. The molecule has 1 heterocycles. The Morgan fingerprint density at radius 3 is 2.56 bits per heavy atom. The predicted octanol–water partition coefficient (Wildman–Crippen LogP) is 3.24. The van der Waals surface area contributed by atoms with E-state index >= 15 is 0 Å². The van der Waals surface area contributed by atoms with Crippen molar-refractivity contribution in [3.05, 3.63) is 54.1 Å². The minimum Gasteiger partial charge on any atom is -0.490 e. The molecular weight excluding hydrogens is 338 g/mol. The van der Waals surface area contributed by atoms with Gasteiger partial charge in [0.25, 0.3) is 10.0 Å². The number of hydrogen-bond donors (Lipinski definition) is 0. The van der Waals surface area contributed by atoms with Crippen LogP contribution in [0.4, 0.5) is 5.69 Å². The van der Waals surface area contributed by atoms with E-state index in [-0.39, 0.29) is 11.0 Å². The molecule has 3 rings (SSSR count). The van der Waals surface area contributed by atoms with E-state index in [1.54, 1.807) is 31.3 Å². The van der Waals surface area contributed by atoms with Crippen LogP contribution < -0.4 is 9.04 Å². The SMILES string of the molecule is CCCc1ccc(S(=O)(=O)N(C)c2ccccc2)cc1OCC1CO1. The number of sulfonamides is 1. The standard InChI is InChI=1S/C19H23NO4S/c1-3-7-15-10-11-18(12-19(15)24-14-17-13-23-17)25(21,22)20(2)16-8-5-4-6-9-16/h4-6,8-12,17H,3,7,13-14H2,1-2H3. The monoisotopic (exact) mass is 361 g/mol. The van der Waals surface area contributed by atoms with Gasteiger partial charge in [-0.05, 0) is 30.2 Å². The Morgan fingerprint density at radius 2 is 1.92 bits per heavy atom. The van der Waals surface area contributed by atoms with E-state index in [1.165, 1.54) is 4.31 Å². The van der Waals surface area contributed by atoms with E-state index in [9.17, 15) is 8.42 Å². The molecule has 0 bridgehead atoms. The van der Waals surface area contributed by atoms with Crippen molar-refractivity contribution in [2.75, 3.05) is 24.6 Å². The zero-order valence-corrected chi connectivity index (χ0v) is 15.3. The molecule has 0 saturated carbocycles. The van der Waals surface area contributed by atoms with Crippen molar-refractivity contribution in [1.82, 2.24) is 0 Å². The van der Waals surface area contributed by atoms with Gasteiger partial charge < -0.3 is 9.47 Å². The van der Waals surface area contributed by atoms with Crippen LogP contribution >= 0.6 is 0 Å². The van der Waals surface area contributed by atoms with Gasteiger partial charge in [-0.3, -0.25) is 4.31 Å². The molecule has 1 atom stereocenters. The quantitative estimate of drug-likeness (QED) is 0.677. The zero-order chi connectivity index (χ0) is 17.9. The van der Waals surface area contributed by atoms with Crippen LogP contribution in [0, 0.1) is 0 Å². The number of nitrogens with zero attached hydrogens (tertiary/aromatic N) is 1. The van der Waals surface area contributed by atoms with Crippen molar-refractivity contribution in [3.63, 3.8) is 0 Å². The Bertz CT molecular complexity index is 817. The third-order valence-corrected chi connectivity index (χ3v) is 5.94. The molecule has 0 aliphatic carbocycles. The number of epoxide rings is 1.